The summed E-state index contributed by atoms with van der Waals surface area (Å²) in [6, 6.07) is -0.303. The molecule has 0 spiro atoms. The Bertz CT molecular complexity index is 1010. The molecule has 2 unspecified atom stereocenters. The van der Waals surface area contributed by atoms with E-state index < -0.39 is 77.5 Å². The summed E-state index contributed by atoms with van der Waals surface area (Å²) in [5, 5.41) is 9.90. The first-order valence-corrected chi connectivity index (χ1v) is 13.3. The lowest BCUT2D eigenvalue weighted by atomic mass is 9.75. The van der Waals surface area contributed by atoms with Gasteiger partial charge in [-0.1, -0.05) is 53.2 Å². The van der Waals surface area contributed by atoms with Gasteiger partial charge in [0.1, 0.15) is 6.79 Å². The highest BCUT2D eigenvalue weighted by molar-refractivity contribution is 5.41. The summed E-state index contributed by atoms with van der Waals surface area (Å²) < 4.78 is 179. The lowest BCUT2D eigenvalue weighted by Gasteiger charge is -2.41. The number of benzene rings is 1. The Labute approximate surface area is 235 Å². The first kappa shape index (κ1) is 36.5. The van der Waals surface area contributed by atoms with Crippen molar-refractivity contribution in [2.45, 2.75) is 108 Å². The van der Waals surface area contributed by atoms with Gasteiger partial charge >= 0.3 is 24.7 Å². The van der Waals surface area contributed by atoms with E-state index in [1.807, 2.05) is 6.92 Å². The minimum absolute atomic E-state index is 0.0252. The maximum Gasteiger partial charge on any atom is 0.430 e. The smallest absolute Gasteiger partial charge is 0.369 e. The SMILES string of the molecule is CCC(C)c1cc(C(O)(C(F)(F)F)C(F)(F)F)cc(C(OCOC2C[C@H](C)CC[C@H]2C(C)C)(C(F)(F)F)C(F)(F)F)c1. The fourth-order valence-corrected chi connectivity index (χ4v) is 5.32. The number of aliphatic hydroxyl groups is 1. The number of ether oxygens (including phenoxy) is 2. The van der Waals surface area contributed by atoms with Crippen molar-refractivity contribution in [2.24, 2.45) is 17.8 Å². The van der Waals surface area contributed by atoms with Crippen molar-refractivity contribution in [2.75, 3.05) is 6.79 Å². The van der Waals surface area contributed by atoms with Gasteiger partial charge in [0.15, 0.2) is 0 Å². The Hall–Kier alpha value is -1.74. The van der Waals surface area contributed by atoms with Gasteiger partial charge in [-0.25, -0.2) is 0 Å². The van der Waals surface area contributed by atoms with E-state index >= 15 is 0 Å². The summed E-state index contributed by atoms with van der Waals surface area (Å²) in [5.41, 5.74) is -16.3. The molecular formula is C27H34F12O3. The second-order valence-corrected chi connectivity index (χ2v) is 11.3. The highest BCUT2D eigenvalue weighted by Gasteiger charge is 2.75. The van der Waals surface area contributed by atoms with E-state index in [1.54, 1.807) is 13.8 Å². The van der Waals surface area contributed by atoms with E-state index in [1.165, 1.54) is 13.8 Å². The van der Waals surface area contributed by atoms with Gasteiger partial charge in [-0.05, 0) is 54.6 Å². The molecule has 1 saturated carbocycles. The first-order valence-electron chi connectivity index (χ1n) is 13.3. The van der Waals surface area contributed by atoms with Crippen molar-refractivity contribution >= 4 is 0 Å². The Kier molecular flexibility index (Phi) is 10.7. The molecular weight excluding hydrogens is 600 g/mol. The van der Waals surface area contributed by atoms with Gasteiger partial charge in [-0.3, -0.25) is 0 Å². The molecule has 4 atom stereocenters. The molecule has 42 heavy (non-hydrogen) atoms. The van der Waals surface area contributed by atoms with Crippen LogP contribution in [0, 0.1) is 17.8 Å². The Morgan fingerprint density at radius 3 is 1.71 bits per heavy atom. The molecule has 0 saturated heterocycles. The summed E-state index contributed by atoms with van der Waals surface area (Å²) in [4.78, 5) is 0. The quantitative estimate of drug-likeness (QED) is 0.217. The highest BCUT2D eigenvalue weighted by Crippen LogP contribution is 2.56. The fourth-order valence-electron chi connectivity index (χ4n) is 5.32. The normalized spacial score (nSPS) is 22.5. The standard InChI is InChI=1S/C27H34F12O3/c1-6-16(5)17-10-18(22(40,24(28,29)30)25(31,32)33)12-19(11-17)23(26(34,35)36,27(37,38)39)42-13-41-21-9-15(4)7-8-20(21)14(2)3/h10-12,14-16,20-21,40H,6-9,13H2,1-5H3/t15-,16?,20+,21?/m1/s1. The van der Waals surface area contributed by atoms with E-state index in [2.05, 4.69) is 4.74 Å². The highest BCUT2D eigenvalue weighted by atomic mass is 19.4. The van der Waals surface area contributed by atoms with Crippen LogP contribution in [-0.4, -0.2) is 42.7 Å². The number of hydrogen-bond donors (Lipinski definition) is 1. The van der Waals surface area contributed by atoms with Crippen LogP contribution in [0.2, 0.25) is 0 Å². The predicted octanol–water partition coefficient (Wildman–Crippen LogP) is 9.28. The van der Waals surface area contributed by atoms with Crippen LogP contribution in [0.15, 0.2) is 18.2 Å². The third kappa shape index (κ3) is 6.82. The number of hydrogen-bond acceptors (Lipinski definition) is 3. The van der Waals surface area contributed by atoms with Gasteiger partial charge in [0, 0.05) is 11.1 Å². The van der Waals surface area contributed by atoms with Gasteiger partial charge in [-0.2, -0.15) is 52.7 Å². The van der Waals surface area contributed by atoms with Gasteiger partial charge in [0.05, 0.1) is 6.10 Å². The Morgan fingerprint density at radius 2 is 1.29 bits per heavy atom. The molecule has 15 heteroatoms. The van der Waals surface area contributed by atoms with E-state index in [4.69, 9.17) is 4.74 Å². The Morgan fingerprint density at radius 1 is 0.786 bits per heavy atom. The van der Waals surface area contributed by atoms with Gasteiger partial charge in [0.2, 0.25) is 0 Å². The van der Waals surface area contributed by atoms with Gasteiger partial charge < -0.3 is 14.6 Å². The van der Waals surface area contributed by atoms with Crippen molar-refractivity contribution in [1.29, 1.82) is 0 Å². The fraction of sp³-hybridized carbons (Fsp3) is 0.778. The summed E-state index contributed by atoms with van der Waals surface area (Å²) in [6.07, 6.45) is -25.3. The van der Waals surface area contributed by atoms with Crippen LogP contribution in [-0.2, 0) is 20.7 Å². The molecule has 1 aliphatic rings. The molecule has 0 heterocycles. The molecule has 0 aromatic heterocycles. The van der Waals surface area contributed by atoms with Crippen LogP contribution < -0.4 is 0 Å². The summed E-state index contributed by atoms with van der Waals surface area (Å²) in [5.74, 6) is -1.39. The first-order chi connectivity index (χ1) is 18.8. The van der Waals surface area contributed by atoms with Crippen LogP contribution in [0.4, 0.5) is 52.7 Å². The number of rotatable bonds is 9. The second-order valence-electron chi connectivity index (χ2n) is 11.3. The van der Waals surface area contributed by atoms with Crippen LogP contribution in [0.1, 0.15) is 82.9 Å². The zero-order valence-corrected chi connectivity index (χ0v) is 23.5. The van der Waals surface area contributed by atoms with E-state index in [9.17, 15) is 57.8 Å². The van der Waals surface area contributed by atoms with Crippen molar-refractivity contribution < 1.29 is 67.3 Å². The van der Waals surface area contributed by atoms with E-state index in [-0.39, 0.29) is 42.7 Å². The van der Waals surface area contributed by atoms with Crippen LogP contribution in [0.5, 0.6) is 0 Å². The molecule has 0 aliphatic heterocycles. The second kappa shape index (κ2) is 12.3. The summed E-state index contributed by atoms with van der Waals surface area (Å²) >= 11 is 0. The molecule has 1 aromatic carbocycles. The number of alkyl halides is 12. The molecule has 1 N–H and O–H groups in total. The lowest BCUT2D eigenvalue weighted by molar-refractivity contribution is -0.404. The predicted molar refractivity (Wildman–Crippen MR) is 127 cm³/mol. The minimum Gasteiger partial charge on any atom is -0.369 e. The maximum absolute atomic E-state index is 14.5. The van der Waals surface area contributed by atoms with Crippen molar-refractivity contribution in [3.8, 4) is 0 Å². The average molecular weight is 635 g/mol. The number of halogens is 12. The van der Waals surface area contributed by atoms with Crippen LogP contribution in [0.25, 0.3) is 0 Å². The average Bonchev–Trinajstić information content (AvgIpc) is 2.82. The van der Waals surface area contributed by atoms with Crippen LogP contribution in [0.3, 0.4) is 0 Å². The summed E-state index contributed by atoms with van der Waals surface area (Å²) in [7, 11) is 0. The molecule has 1 aromatic rings. The zero-order valence-electron chi connectivity index (χ0n) is 23.5. The minimum atomic E-state index is -6.57. The molecule has 0 radical (unpaired) electrons. The topological polar surface area (TPSA) is 38.7 Å². The van der Waals surface area contributed by atoms with Crippen molar-refractivity contribution in [3.05, 3.63) is 34.9 Å². The largest absolute Gasteiger partial charge is 0.430 e. The van der Waals surface area contributed by atoms with Crippen molar-refractivity contribution in [1.82, 2.24) is 0 Å². The van der Waals surface area contributed by atoms with E-state index in [0.29, 0.717) is 6.42 Å². The molecule has 3 nitrogen and oxygen atoms in total. The van der Waals surface area contributed by atoms with Gasteiger partial charge in [-0.15, -0.1) is 0 Å². The molecule has 244 valence electrons. The third-order valence-corrected chi connectivity index (χ3v) is 8.10. The molecule has 0 bridgehead atoms. The lowest BCUT2D eigenvalue weighted by Crippen LogP contribution is -2.57. The molecule has 1 fully saturated rings. The van der Waals surface area contributed by atoms with Crippen molar-refractivity contribution in [3.63, 3.8) is 0 Å². The summed E-state index contributed by atoms with van der Waals surface area (Å²) in [6.45, 7) is 6.31. The van der Waals surface area contributed by atoms with Gasteiger partial charge in [0.25, 0.3) is 11.2 Å². The molecule has 0 amide bonds. The monoisotopic (exact) mass is 634 g/mol. The third-order valence-electron chi connectivity index (χ3n) is 8.10. The zero-order chi connectivity index (χ0) is 32.7. The van der Waals surface area contributed by atoms with E-state index in [0.717, 1.165) is 6.42 Å². The molecule has 2 rings (SSSR count). The maximum atomic E-state index is 14.5. The van der Waals surface area contributed by atoms with Crippen LogP contribution >= 0.6 is 0 Å². The molecule has 1 aliphatic carbocycles. The Balaban J connectivity index is 2.81.